The number of para-hydroxylation sites is 1. The highest BCUT2D eigenvalue weighted by atomic mass is 16.2. The Morgan fingerprint density at radius 1 is 1.00 bits per heavy atom. The van der Waals surface area contributed by atoms with Gasteiger partial charge in [0, 0.05) is 29.2 Å². The predicted molar refractivity (Wildman–Crippen MR) is 118 cm³/mol. The van der Waals surface area contributed by atoms with Crippen molar-refractivity contribution in [2.45, 2.75) is 80.2 Å². The van der Waals surface area contributed by atoms with Crippen molar-refractivity contribution >= 4 is 11.6 Å². The number of hydrogen-bond acceptors (Lipinski definition) is 2. The summed E-state index contributed by atoms with van der Waals surface area (Å²) >= 11 is 0. The van der Waals surface area contributed by atoms with Gasteiger partial charge < -0.3 is 9.88 Å². The summed E-state index contributed by atoms with van der Waals surface area (Å²) in [5, 5.41) is 3.09. The third kappa shape index (κ3) is 4.21. The van der Waals surface area contributed by atoms with Crippen LogP contribution in [0.2, 0.25) is 0 Å². The summed E-state index contributed by atoms with van der Waals surface area (Å²) in [7, 11) is 0. The van der Waals surface area contributed by atoms with E-state index in [0.29, 0.717) is 17.5 Å². The number of aromatic nitrogens is 1. The molecule has 0 fully saturated rings. The van der Waals surface area contributed by atoms with Crippen LogP contribution in [0.3, 0.4) is 0 Å². The fourth-order valence-corrected chi connectivity index (χ4v) is 3.82. The van der Waals surface area contributed by atoms with Crippen molar-refractivity contribution < 1.29 is 4.79 Å². The van der Waals surface area contributed by atoms with Gasteiger partial charge >= 0.3 is 0 Å². The Morgan fingerprint density at radius 2 is 1.61 bits per heavy atom. The lowest BCUT2D eigenvalue weighted by molar-refractivity contribution is 0.102. The number of rotatable bonds is 8. The molecule has 28 heavy (non-hydrogen) atoms. The molecule has 0 aliphatic rings. The molecular weight excluding hydrogens is 348 g/mol. The van der Waals surface area contributed by atoms with Gasteiger partial charge in [0.15, 0.2) is 5.43 Å². The van der Waals surface area contributed by atoms with Crippen molar-refractivity contribution in [2.75, 3.05) is 5.32 Å². The number of nitrogens with one attached hydrogen (secondary N) is 1. The fraction of sp³-hybridized carbons (Fsp3) is 0.500. The van der Waals surface area contributed by atoms with E-state index in [-0.39, 0.29) is 11.3 Å². The summed E-state index contributed by atoms with van der Waals surface area (Å²) in [6.45, 7) is 13.0. The molecule has 2 aromatic rings. The minimum Gasteiger partial charge on any atom is -0.348 e. The van der Waals surface area contributed by atoms with Crippen LogP contribution in [0.25, 0.3) is 0 Å². The van der Waals surface area contributed by atoms with E-state index in [1.807, 2.05) is 39.0 Å². The highest BCUT2D eigenvalue weighted by molar-refractivity contribution is 6.06. The van der Waals surface area contributed by atoms with Crippen molar-refractivity contribution in [3.63, 3.8) is 0 Å². The summed E-state index contributed by atoms with van der Waals surface area (Å²) in [5.41, 5.74) is 5.68. The van der Waals surface area contributed by atoms with Gasteiger partial charge in [-0.3, -0.25) is 9.59 Å². The minimum absolute atomic E-state index is 0.147. The van der Waals surface area contributed by atoms with E-state index in [2.05, 4.69) is 30.7 Å². The molecule has 0 atom stereocenters. The van der Waals surface area contributed by atoms with Crippen LogP contribution in [-0.4, -0.2) is 10.5 Å². The first kappa shape index (κ1) is 21.9. The molecule has 0 radical (unpaired) electrons. The van der Waals surface area contributed by atoms with E-state index < -0.39 is 0 Å². The van der Waals surface area contributed by atoms with Gasteiger partial charge in [0.05, 0.1) is 0 Å². The standard InChI is InChI=1S/C24H34N2O2/c1-7-11-15-26-17(6)16(5)23(27)21(20(26)10-4)24(28)25-22-18(8-2)13-12-14-19(22)9-3/h12-14H,7-11,15H2,1-6H3,(H,25,28). The monoisotopic (exact) mass is 382 g/mol. The molecule has 0 aliphatic heterocycles. The first-order chi connectivity index (χ1) is 13.4. The second-order valence-electron chi connectivity index (χ2n) is 7.33. The summed E-state index contributed by atoms with van der Waals surface area (Å²) in [4.78, 5) is 26.4. The van der Waals surface area contributed by atoms with Crippen molar-refractivity contribution in [1.82, 2.24) is 4.57 Å². The molecular formula is C24H34N2O2. The SMILES string of the molecule is CCCCn1c(C)c(C)c(=O)c(C(=O)Nc2c(CC)cccc2CC)c1CC. The van der Waals surface area contributed by atoms with Gasteiger partial charge in [-0.1, -0.05) is 52.3 Å². The van der Waals surface area contributed by atoms with Crippen LogP contribution in [0.4, 0.5) is 5.69 Å². The molecule has 1 amide bonds. The van der Waals surface area contributed by atoms with E-state index in [1.165, 1.54) is 0 Å². The Hall–Kier alpha value is -2.36. The van der Waals surface area contributed by atoms with Gasteiger partial charge in [0.2, 0.25) is 0 Å². The highest BCUT2D eigenvalue weighted by Crippen LogP contribution is 2.24. The zero-order valence-electron chi connectivity index (χ0n) is 18.2. The number of hydrogen-bond donors (Lipinski definition) is 1. The number of nitrogens with zero attached hydrogens (tertiary/aromatic N) is 1. The first-order valence-corrected chi connectivity index (χ1v) is 10.6. The fourth-order valence-electron chi connectivity index (χ4n) is 3.82. The molecule has 0 aliphatic carbocycles. The average molecular weight is 383 g/mol. The number of amides is 1. The van der Waals surface area contributed by atoms with Crippen LogP contribution < -0.4 is 10.7 Å². The Labute approximate surface area is 169 Å². The van der Waals surface area contributed by atoms with Crippen molar-refractivity contribution in [3.05, 3.63) is 62.1 Å². The Balaban J connectivity index is 2.61. The number of aryl methyl sites for hydroxylation is 2. The Kier molecular flexibility index (Phi) is 7.61. The van der Waals surface area contributed by atoms with Crippen molar-refractivity contribution in [2.24, 2.45) is 0 Å². The molecule has 4 heteroatoms. The molecule has 1 aromatic carbocycles. The third-order valence-corrected chi connectivity index (χ3v) is 5.66. The van der Waals surface area contributed by atoms with Crippen LogP contribution in [0, 0.1) is 13.8 Å². The topological polar surface area (TPSA) is 51.1 Å². The lowest BCUT2D eigenvalue weighted by Crippen LogP contribution is -2.31. The van der Waals surface area contributed by atoms with Gasteiger partial charge in [-0.15, -0.1) is 0 Å². The smallest absolute Gasteiger partial charge is 0.261 e. The molecule has 0 unspecified atom stereocenters. The predicted octanol–water partition coefficient (Wildman–Crippen LogP) is 5.20. The molecule has 0 bridgehead atoms. The zero-order valence-corrected chi connectivity index (χ0v) is 18.2. The van der Waals surface area contributed by atoms with Gasteiger partial charge in [-0.05, 0) is 50.7 Å². The Bertz CT molecular complexity index is 888. The third-order valence-electron chi connectivity index (χ3n) is 5.66. The van der Waals surface area contributed by atoms with Gasteiger partial charge in [-0.2, -0.15) is 0 Å². The van der Waals surface area contributed by atoms with Gasteiger partial charge in [0.1, 0.15) is 5.56 Å². The number of pyridine rings is 1. The molecule has 2 rings (SSSR count). The first-order valence-electron chi connectivity index (χ1n) is 10.6. The lowest BCUT2D eigenvalue weighted by atomic mass is 10.0. The second-order valence-corrected chi connectivity index (χ2v) is 7.33. The molecule has 0 saturated heterocycles. The second kappa shape index (κ2) is 9.72. The maximum absolute atomic E-state index is 13.3. The van der Waals surface area contributed by atoms with Crippen molar-refractivity contribution in [1.29, 1.82) is 0 Å². The normalized spacial score (nSPS) is 10.9. The molecule has 0 spiro atoms. The van der Waals surface area contributed by atoms with E-state index in [0.717, 1.165) is 60.4 Å². The molecule has 152 valence electrons. The molecule has 1 aromatic heterocycles. The molecule has 1 heterocycles. The number of carbonyl (C=O) groups excluding carboxylic acids is 1. The quantitative estimate of drug-likeness (QED) is 0.682. The minimum atomic E-state index is -0.286. The maximum Gasteiger partial charge on any atom is 0.261 e. The summed E-state index contributed by atoms with van der Waals surface area (Å²) in [6, 6.07) is 6.10. The largest absolute Gasteiger partial charge is 0.348 e. The van der Waals surface area contributed by atoms with E-state index in [9.17, 15) is 9.59 Å². The summed E-state index contributed by atoms with van der Waals surface area (Å²) in [6.07, 6.45) is 4.41. The van der Waals surface area contributed by atoms with Crippen LogP contribution in [0.15, 0.2) is 23.0 Å². The number of carbonyl (C=O) groups is 1. The van der Waals surface area contributed by atoms with Crippen LogP contribution in [-0.2, 0) is 25.8 Å². The molecule has 0 saturated carbocycles. The lowest BCUT2D eigenvalue weighted by Gasteiger charge is -2.22. The Morgan fingerprint density at radius 3 is 2.11 bits per heavy atom. The number of benzene rings is 1. The summed E-state index contributed by atoms with van der Waals surface area (Å²) < 4.78 is 2.17. The van der Waals surface area contributed by atoms with Crippen LogP contribution in [0.5, 0.6) is 0 Å². The molecule has 4 nitrogen and oxygen atoms in total. The summed E-state index contributed by atoms with van der Waals surface area (Å²) in [5.74, 6) is -0.286. The average Bonchev–Trinajstić information content (AvgIpc) is 2.70. The van der Waals surface area contributed by atoms with Crippen LogP contribution in [0.1, 0.15) is 79.0 Å². The molecule has 1 N–H and O–H groups in total. The van der Waals surface area contributed by atoms with E-state index >= 15 is 0 Å². The number of anilines is 1. The van der Waals surface area contributed by atoms with E-state index in [1.54, 1.807) is 0 Å². The van der Waals surface area contributed by atoms with Gasteiger partial charge in [-0.25, -0.2) is 0 Å². The van der Waals surface area contributed by atoms with E-state index in [4.69, 9.17) is 0 Å². The highest BCUT2D eigenvalue weighted by Gasteiger charge is 2.23. The van der Waals surface area contributed by atoms with Gasteiger partial charge in [0.25, 0.3) is 5.91 Å². The number of unbranched alkanes of at least 4 members (excludes halogenated alkanes) is 1. The van der Waals surface area contributed by atoms with Crippen molar-refractivity contribution in [3.8, 4) is 0 Å². The maximum atomic E-state index is 13.3. The van der Waals surface area contributed by atoms with Crippen LogP contribution >= 0.6 is 0 Å². The zero-order chi connectivity index (χ0) is 20.8.